The number of hydrogen-bond acceptors (Lipinski definition) is 6. The Bertz CT molecular complexity index is 1050. The molecule has 0 unspecified atom stereocenters. The molecule has 1 aliphatic carbocycles. The Labute approximate surface area is 207 Å². The molecule has 0 radical (unpaired) electrons. The zero-order valence-corrected chi connectivity index (χ0v) is 21.7. The average molecular weight is 486 g/mol. The van der Waals surface area contributed by atoms with E-state index < -0.39 is 16.4 Å². The third-order valence-corrected chi connectivity index (χ3v) is 6.71. The average Bonchev–Trinajstić information content (AvgIpc) is 2.80. The van der Waals surface area contributed by atoms with Gasteiger partial charge in [-0.15, -0.1) is 0 Å². The first-order valence-electron chi connectivity index (χ1n) is 12.2. The molecule has 0 bridgehead atoms. The molecular formula is C26H39N5O4. The molecule has 192 valence electrons. The standard InChI is InChI=1S/C26H39N5O4/c1-7-16(3)21(8-2)25(28-19-11-13-26(6,33)14-12-19)30-24(18(5)23(27)32)29-20-10-9-17(4)22(15-20)31(34)35/h9-10,15,19,29,33H,7-8,11-14H2,1-6H3,(H2,27,32)(H,28,30)/b21-16+,24-18+/t19-,26+. The van der Waals surface area contributed by atoms with Gasteiger partial charge in [-0.2, -0.15) is 0 Å². The Kier molecular flexibility index (Phi) is 9.59. The molecule has 0 aromatic heterocycles. The molecule has 0 saturated heterocycles. The number of aliphatic hydroxyl groups is 1. The van der Waals surface area contributed by atoms with Gasteiger partial charge in [0.05, 0.1) is 16.1 Å². The normalized spacial score (nSPS) is 22.1. The molecule has 1 amide bonds. The molecule has 1 saturated carbocycles. The Balaban J connectivity index is 2.55. The number of hydrogen-bond donors (Lipinski definition) is 4. The molecule has 1 aliphatic rings. The van der Waals surface area contributed by atoms with E-state index in [1.807, 2.05) is 6.92 Å². The summed E-state index contributed by atoms with van der Waals surface area (Å²) in [5.74, 6) is 0.235. The number of benzene rings is 1. The number of anilines is 1. The van der Waals surface area contributed by atoms with Gasteiger partial charge in [0.1, 0.15) is 11.7 Å². The number of primary amides is 1. The number of aliphatic imine (C=N–C) groups is 1. The highest BCUT2D eigenvalue weighted by molar-refractivity contribution is 6.01. The zero-order valence-electron chi connectivity index (χ0n) is 21.7. The van der Waals surface area contributed by atoms with Gasteiger partial charge in [0.15, 0.2) is 0 Å². The van der Waals surface area contributed by atoms with Crippen molar-refractivity contribution >= 4 is 23.1 Å². The van der Waals surface area contributed by atoms with Crippen molar-refractivity contribution in [2.45, 2.75) is 91.7 Å². The summed E-state index contributed by atoms with van der Waals surface area (Å²) in [7, 11) is 0. The Morgan fingerprint density at radius 2 is 1.89 bits per heavy atom. The van der Waals surface area contributed by atoms with E-state index in [4.69, 9.17) is 10.7 Å². The molecule has 9 nitrogen and oxygen atoms in total. The van der Waals surface area contributed by atoms with Crippen LogP contribution in [0.1, 0.15) is 78.7 Å². The Hall–Kier alpha value is -3.20. The van der Waals surface area contributed by atoms with Crippen LogP contribution in [0.4, 0.5) is 11.4 Å². The van der Waals surface area contributed by atoms with Crippen LogP contribution >= 0.6 is 0 Å². The number of amidine groups is 1. The van der Waals surface area contributed by atoms with Gasteiger partial charge >= 0.3 is 0 Å². The zero-order chi connectivity index (χ0) is 26.3. The van der Waals surface area contributed by atoms with Crippen molar-refractivity contribution in [1.29, 1.82) is 0 Å². The fourth-order valence-electron chi connectivity index (χ4n) is 4.10. The maximum absolute atomic E-state index is 12.1. The summed E-state index contributed by atoms with van der Waals surface area (Å²) in [4.78, 5) is 27.9. The van der Waals surface area contributed by atoms with E-state index in [-0.39, 0.29) is 23.1 Å². The number of aryl methyl sites for hydroxylation is 1. The summed E-state index contributed by atoms with van der Waals surface area (Å²) in [6, 6.07) is 4.89. The van der Waals surface area contributed by atoms with E-state index in [2.05, 4.69) is 31.4 Å². The predicted octanol–water partition coefficient (Wildman–Crippen LogP) is 4.85. The number of nitro groups is 1. The number of nitrogens with two attached hydrogens (primary N) is 1. The summed E-state index contributed by atoms with van der Waals surface area (Å²) in [5, 5.41) is 28.4. The maximum atomic E-state index is 12.1. The summed E-state index contributed by atoms with van der Waals surface area (Å²) < 4.78 is 0. The Morgan fingerprint density at radius 3 is 2.40 bits per heavy atom. The van der Waals surface area contributed by atoms with Crippen LogP contribution in [0, 0.1) is 17.0 Å². The fourth-order valence-corrected chi connectivity index (χ4v) is 4.10. The van der Waals surface area contributed by atoms with E-state index in [0.717, 1.165) is 31.3 Å². The number of nitro benzene ring substituents is 1. The van der Waals surface area contributed by atoms with Crippen LogP contribution in [0.2, 0.25) is 0 Å². The first kappa shape index (κ1) is 28.0. The van der Waals surface area contributed by atoms with Crippen molar-refractivity contribution in [3.63, 3.8) is 0 Å². The minimum absolute atomic E-state index is 0.0290. The van der Waals surface area contributed by atoms with E-state index >= 15 is 0 Å². The smallest absolute Gasteiger partial charge is 0.274 e. The number of carbonyl (C=O) groups is 1. The number of allylic oxidation sites excluding steroid dienone is 1. The second kappa shape index (κ2) is 12.0. The number of nitrogens with one attached hydrogen (secondary N) is 2. The molecular weight excluding hydrogens is 446 g/mol. The lowest BCUT2D eigenvalue weighted by Gasteiger charge is -2.34. The summed E-state index contributed by atoms with van der Waals surface area (Å²) in [6.45, 7) is 11.3. The lowest BCUT2D eigenvalue weighted by atomic mass is 9.83. The number of carbonyl (C=O) groups excluding carboxylic acids is 1. The first-order chi connectivity index (χ1) is 16.4. The lowest BCUT2D eigenvalue weighted by Crippen LogP contribution is -2.43. The van der Waals surface area contributed by atoms with Crippen molar-refractivity contribution in [2.24, 2.45) is 10.7 Å². The van der Waals surface area contributed by atoms with Crippen LogP contribution in [0.15, 0.2) is 45.7 Å². The fraction of sp³-hybridized carbons (Fsp3) is 0.538. The summed E-state index contributed by atoms with van der Waals surface area (Å²) >= 11 is 0. The second-order valence-electron chi connectivity index (χ2n) is 9.56. The second-order valence-corrected chi connectivity index (χ2v) is 9.56. The van der Waals surface area contributed by atoms with Crippen LogP contribution in [-0.4, -0.2) is 33.4 Å². The molecule has 2 rings (SSSR count). The van der Waals surface area contributed by atoms with Gasteiger partial charge in [0.2, 0.25) is 5.91 Å². The molecule has 0 aliphatic heterocycles. The highest BCUT2D eigenvalue weighted by Gasteiger charge is 2.29. The molecule has 1 aromatic carbocycles. The quantitative estimate of drug-likeness (QED) is 0.129. The third kappa shape index (κ3) is 7.65. The monoisotopic (exact) mass is 485 g/mol. The van der Waals surface area contributed by atoms with Gasteiger partial charge < -0.3 is 21.5 Å². The van der Waals surface area contributed by atoms with Gasteiger partial charge in [-0.3, -0.25) is 14.9 Å². The predicted molar refractivity (Wildman–Crippen MR) is 140 cm³/mol. The van der Waals surface area contributed by atoms with Gasteiger partial charge in [0, 0.05) is 23.4 Å². The molecule has 0 heterocycles. The van der Waals surface area contributed by atoms with Crippen molar-refractivity contribution in [2.75, 3.05) is 5.32 Å². The molecule has 1 fully saturated rings. The van der Waals surface area contributed by atoms with Crippen molar-refractivity contribution in [1.82, 2.24) is 5.32 Å². The van der Waals surface area contributed by atoms with Crippen molar-refractivity contribution < 1.29 is 14.8 Å². The minimum Gasteiger partial charge on any atom is -0.390 e. The van der Waals surface area contributed by atoms with Crippen molar-refractivity contribution in [3.8, 4) is 0 Å². The number of amides is 1. The molecule has 0 atom stereocenters. The maximum Gasteiger partial charge on any atom is 0.274 e. The van der Waals surface area contributed by atoms with Crippen LogP contribution in [0.5, 0.6) is 0 Å². The SMILES string of the molecule is CC/C(C)=C(CC)/C(=N\C(Nc1ccc(C)c([N+](=O)[O-])c1)=C(/C)C(N)=O)N[C@H]1CC[C@@](C)(O)CC1. The Morgan fingerprint density at radius 1 is 1.26 bits per heavy atom. The van der Waals surface area contributed by atoms with Crippen LogP contribution in [-0.2, 0) is 4.79 Å². The largest absolute Gasteiger partial charge is 0.390 e. The van der Waals surface area contributed by atoms with E-state index in [1.54, 1.807) is 26.0 Å². The van der Waals surface area contributed by atoms with Crippen LogP contribution in [0.25, 0.3) is 0 Å². The molecule has 5 N–H and O–H groups in total. The van der Waals surface area contributed by atoms with Gasteiger partial charge in [-0.1, -0.05) is 25.5 Å². The third-order valence-electron chi connectivity index (χ3n) is 6.71. The van der Waals surface area contributed by atoms with Gasteiger partial charge in [-0.05, 0) is 77.9 Å². The van der Waals surface area contributed by atoms with Crippen LogP contribution in [0.3, 0.4) is 0 Å². The highest BCUT2D eigenvalue weighted by atomic mass is 16.6. The lowest BCUT2D eigenvalue weighted by molar-refractivity contribution is -0.385. The highest BCUT2D eigenvalue weighted by Crippen LogP contribution is 2.29. The van der Waals surface area contributed by atoms with Crippen molar-refractivity contribution in [3.05, 3.63) is 56.4 Å². The number of nitrogens with zero attached hydrogens (tertiary/aromatic N) is 2. The van der Waals surface area contributed by atoms with E-state index in [9.17, 15) is 20.0 Å². The van der Waals surface area contributed by atoms with E-state index in [1.165, 1.54) is 11.6 Å². The molecule has 35 heavy (non-hydrogen) atoms. The van der Waals surface area contributed by atoms with E-state index in [0.29, 0.717) is 29.9 Å². The van der Waals surface area contributed by atoms with Gasteiger partial charge in [0.25, 0.3) is 5.69 Å². The molecule has 0 spiro atoms. The van der Waals surface area contributed by atoms with Crippen LogP contribution < -0.4 is 16.4 Å². The summed E-state index contributed by atoms with van der Waals surface area (Å²) in [5.41, 5.74) is 8.30. The minimum atomic E-state index is -0.659. The molecule has 9 heteroatoms. The number of rotatable bonds is 9. The first-order valence-corrected chi connectivity index (χ1v) is 12.2. The molecule has 1 aromatic rings. The van der Waals surface area contributed by atoms with Gasteiger partial charge in [-0.25, -0.2) is 4.99 Å². The summed E-state index contributed by atoms with van der Waals surface area (Å²) in [6.07, 6.45) is 4.52. The topological polar surface area (TPSA) is 143 Å².